The van der Waals surface area contributed by atoms with Gasteiger partial charge in [-0.25, -0.2) is 9.78 Å². The maximum Gasteiger partial charge on any atom is 0.356 e. The van der Waals surface area contributed by atoms with Crippen LogP contribution in [0.15, 0.2) is 22.7 Å². The molecule has 0 spiro atoms. The molecule has 1 aromatic carbocycles. The fourth-order valence-corrected chi connectivity index (χ4v) is 2.15. The van der Waals surface area contributed by atoms with Crippen LogP contribution in [-0.2, 0) is 4.74 Å². The van der Waals surface area contributed by atoms with Gasteiger partial charge in [-0.05, 0) is 24.6 Å². The zero-order valence-electron chi connectivity index (χ0n) is 9.25. The second-order valence-electron chi connectivity index (χ2n) is 3.55. The number of methoxy groups -OCH3 is 1. The first kappa shape index (κ1) is 12.3. The molecule has 2 rings (SSSR count). The van der Waals surface area contributed by atoms with Crippen molar-refractivity contribution in [1.82, 2.24) is 4.98 Å². The van der Waals surface area contributed by atoms with Crippen molar-refractivity contribution in [2.45, 2.75) is 6.92 Å². The van der Waals surface area contributed by atoms with E-state index < -0.39 is 5.97 Å². The number of esters is 1. The number of benzene rings is 1. The summed E-state index contributed by atoms with van der Waals surface area (Å²) in [5.74, 6) is -0.492. The summed E-state index contributed by atoms with van der Waals surface area (Å²) < 4.78 is 5.56. The molecule has 0 fully saturated rings. The lowest BCUT2D eigenvalue weighted by molar-refractivity contribution is 0.0594. The average Bonchev–Trinajstić information content (AvgIpc) is 2.33. The Hall–Kier alpha value is -1.13. The van der Waals surface area contributed by atoms with Gasteiger partial charge in [-0.3, -0.25) is 0 Å². The molecule has 1 aromatic heterocycles. The number of aromatic nitrogens is 1. The molecule has 0 unspecified atom stereocenters. The lowest BCUT2D eigenvalue weighted by Gasteiger charge is -2.07. The Morgan fingerprint density at radius 1 is 1.47 bits per heavy atom. The Balaban J connectivity index is 2.79. The van der Waals surface area contributed by atoms with Crippen molar-refractivity contribution >= 4 is 44.4 Å². The third-order valence-corrected chi connectivity index (χ3v) is 3.68. The number of hydrogen-bond acceptors (Lipinski definition) is 3. The van der Waals surface area contributed by atoms with Crippen molar-refractivity contribution in [3.63, 3.8) is 0 Å². The summed E-state index contributed by atoms with van der Waals surface area (Å²) in [6.07, 6.45) is 0. The van der Waals surface area contributed by atoms with E-state index in [-0.39, 0.29) is 5.69 Å². The largest absolute Gasteiger partial charge is 0.464 e. The number of nitrogens with zero attached hydrogens (tertiary/aromatic N) is 1. The van der Waals surface area contributed by atoms with E-state index in [1.807, 2.05) is 19.1 Å². The fraction of sp³-hybridized carbons (Fsp3) is 0.167. The van der Waals surface area contributed by atoms with Gasteiger partial charge in [0.25, 0.3) is 0 Å². The zero-order valence-corrected chi connectivity index (χ0v) is 11.6. The van der Waals surface area contributed by atoms with Crippen LogP contribution in [0.5, 0.6) is 0 Å². The van der Waals surface area contributed by atoms with Crippen LogP contribution in [0.2, 0.25) is 5.02 Å². The Kier molecular flexibility index (Phi) is 3.35. The molecule has 2 aromatic rings. The van der Waals surface area contributed by atoms with E-state index in [0.717, 1.165) is 15.4 Å². The summed E-state index contributed by atoms with van der Waals surface area (Å²) >= 11 is 9.54. The van der Waals surface area contributed by atoms with E-state index in [1.54, 1.807) is 0 Å². The van der Waals surface area contributed by atoms with Gasteiger partial charge in [0.2, 0.25) is 0 Å². The van der Waals surface area contributed by atoms with Gasteiger partial charge in [0.1, 0.15) is 0 Å². The zero-order chi connectivity index (χ0) is 12.6. The van der Waals surface area contributed by atoms with Gasteiger partial charge in [-0.1, -0.05) is 33.6 Å². The molecule has 0 bridgehead atoms. The minimum atomic E-state index is -0.492. The SMILES string of the molecule is COC(=O)c1cc(Cl)c2ccc(Br)c(C)c2n1. The molecule has 0 saturated heterocycles. The third-order valence-electron chi connectivity index (χ3n) is 2.51. The summed E-state index contributed by atoms with van der Waals surface area (Å²) in [6, 6.07) is 5.29. The van der Waals surface area contributed by atoms with E-state index in [1.165, 1.54) is 13.2 Å². The number of ether oxygens (including phenoxy) is 1. The molecule has 1 heterocycles. The highest BCUT2D eigenvalue weighted by Crippen LogP contribution is 2.29. The molecule has 0 aliphatic rings. The fourth-order valence-electron chi connectivity index (χ4n) is 1.57. The van der Waals surface area contributed by atoms with E-state index in [2.05, 4.69) is 25.7 Å². The predicted octanol–water partition coefficient (Wildman–Crippen LogP) is 3.75. The molecule has 0 N–H and O–H groups in total. The molecule has 17 heavy (non-hydrogen) atoms. The van der Waals surface area contributed by atoms with Crippen LogP contribution >= 0.6 is 27.5 Å². The van der Waals surface area contributed by atoms with E-state index >= 15 is 0 Å². The second-order valence-corrected chi connectivity index (χ2v) is 4.81. The number of halogens is 2. The Morgan fingerprint density at radius 3 is 2.82 bits per heavy atom. The van der Waals surface area contributed by atoms with Crippen LogP contribution in [0.25, 0.3) is 10.9 Å². The van der Waals surface area contributed by atoms with Crippen LogP contribution in [0.1, 0.15) is 16.1 Å². The number of fused-ring (bicyclic) bond motifs is 1. The number of carbonyl (C=O) groups is 1. The topological polar surface area (TPSA) is 39.2 Å². The maximum absolute atomic E-state index is 11.5. The van der Waals surface area contributed by atoms with Gasteiger partial charge in [-0.2, -0.15) is 0 Å². The summed E-state index contributed by atoms with van der Waals surface area (Å²) in [5.41, 5.74) is 1.86. The number of carbonyl (C=O) groups excluding carboxylic acids is 1. The average molecular weight is 315 g/mol. The third kappa shape index (κ3) is 2.15. The monoisotopic (exact) mass is 313 g/mol. The molecule has 0 atom stereocenters. The highest BCUT2D eigenvalue weighted by molar-refractivity contribution is 9.10. The first-order chi connectivity index (χ1) is 8.04. The molecule has 0 aliphatic carbocycles. The van der Waals surface area contributed by atoms with Gasteiger partial charge in [0.05, 0.1) is 17.6 Å². The standard InChI is InChI=1S/C12H9BrClNO2/c1-6-8(13)4-3-7-9(14)5-10(12(16)17-2)15-11(6)7/h3-5H,1-2H3. The van der Waals surface area contributed by atoms with Gasteiger partial charge in [0, 0.05) is 9.86 Å². The summed E-state index contributed by atoms with van der Waals surface area (Å²) in [4.78, 5) is 15.7. The molecule has 5 heteroatoms. The van der Waals surface area contributed by atoms with Crippen LogP contribution in [-0.4, -0.2) is 18.1 Å². The quantitative estimate of drug-likeness (QED) is 0.753. The van der Waals surface area contributed by atoms with Crippen molar-refractivity contribution in [3.8, 4) is 0 Å². The maximum atomic E-state index is 11.5. The number of hydrogen-bond donors (Lipinski definition) is 0. The number of pyridine rings is 1. The molecular weight excluding hydrogens is 305 g/mol. The predicted molar refractivity (Wildman–Crippen MR) is 70.5 cm³/mol. The van der Waals surface area contributed by atoms with Gasteiger partial charge in [-0.15, -0.1) is 0 Å². The molecular formula is C12H9BrClNO2. The summed E-state index contributed by atoms with van der Waals surface area (Å²) in [6.45, 7) is 1.91. The van der Waals surface area contributed by atoms with Crippen LogP contribution < -0.4 is 0 Å². The minimum absolute atomic E-state index is 0.214. The first-order valence-electron chi connectivity index (χ1n) is 4.88. The van der Waals surface area contributed by atoms with E-state index in [0.29, 0.717) is 10.5 Å². The molecule has 0 amide bonds. The van der Waals surface area contributed by atoms with Gasteiger partial charge in [0.15, 0.2) is 5.69 Å². The molecule has 3 nitrogen and oxygen atoms in total. The van der Waals surface area contributed by atoms with Gasteiger partial charge >= 0.3 is 5.97 Å². The van der Waals surface area contributed by atoms with Crippen molar-refractivity contribution in [1.29, 1.82) is 0 Å². The molecule has 88 valence electrons. The Morgan fingerprint density at radius 2 is 2.18 bits per heavy atom. The van der Waals surface area contributed by atoms with E-state index in [9.17, 15) is 4.79 Å². The van der Waals surface area contributed by atoms with Crippen molar-refractivity contribution in [3.05, 3.63) is 39.0 Å². The lowest BCUT2D eigenvalue weighted by atomic mass is 10.1. The highest BCUT2D eigenvalue weighted by atomic mass is 79.9. The first-order valence-corrected chi connectivity index (χ1v) is 6.05. The van der Waals surface area contributed by atoms with Crippen molar-refractivity contribution in [2.75, 3.05) is 7.11 Å². The van der Waals surface area contributed by atoms with Crippen LogP contribution in [0.4, 0.5) is 0 Å². The molecule has 0 radical (unpaired) electrons. The van der Waals surface area contributed by atoms with Crippen LogP contribution in [0, 0.1) is 6.92 Å². The normalized spacial score (nSPS) is 10.6. The highest BCUT2D eigenvalue weighted by Gasteiger charge is 2.13. The van der Waals surface area contributed by atoms with Crippen molar-refractivity contribution in [2.24, 2.45) is 0 Å². The summed E-state index contributed by atoms with van der Waals surface area (Å²) in [5, 5.41) is 1.31. The molecule has 0 aliphatic heterocycles. The minimum Gasteiger partial charge on any atom is -0.464 e. The number of aryl methyl sites for hydroxylation is 1. The van der Waals surface area contributed by atoms with Gasteiger partial charge < -0.3 is 4.74 Å². The van der Waals surface area contributed by atoms with Crippen molar-refractivity contribution < 1.29 is 9.53 Å². The molecule has 0 saturated carbocycles. The van der Waals surface area contributed by atoms with Crippen LogP contribution in [0.3, 0.4) is 0 Å². The Bertz CT molecular complexity index is 613. The van der Waals surface area contributed by atoms with E-state index in [4.69, 9.17) is 11.6 Å². The smallest absolute Gasteiger partial charge is 0.356 e. The summed E-state index contributed by atoms with van der Waals surface area (Å²) in [7, 11) is 1.32. The second kappa shape index (κ2) is 4.63. The lowest BCUT2D eigenvalue weighted by Crippen LogP contribution is -2.04. The Labute approximate surface area is 112 Å². The number of rotatable bonds is 1.